The van der Waals surface area contributed by atoms with E-state index in [0.29, 0.717) is 17.1 Å². The smallest absolute Gasteiger partial charge is 0.342 e. The van der Waals surface area contributed by atoms with E-state index in [-0.39, 0.29) is 24.2 Å². The van der Waals surface area contributed by atoms with E-state index in [1.165, 1.54) is 12.1 Å². The number of rotatable bonds is 8. The van der Waals surface area contributed by atoms with E-state index in [9.17, 15) is 13.6 Å². The molecule has 1 fully saturated rings. The molecule has 0 aliphatic carbocycles. The van der Waals surface area contributed by atoms with Gasteiger partial charge in [0.1, 0.15) is 23.7 Å². The first kappa shape index (κ1) is 24.6. The van der Waals surface area contributed by atoms with Crippen molar-refractivity contribution in [3.63, 3.8) is 0 Å². The van der Waals surface area contributed by atoms with Gasteiger partial charge in [-0.15, -0.1) is 0 Å². The maximum atomic E-state index is 13.9. The van der Waals surface area contributed by atoms with Gasteiger partial charge < -0.3 is 14.4 Å². The number of aromatic nitrogens is 1. The van der Waals surface area contributed by atoms with Crippen LogP contribution in [0.15, 0.2) is 60.8 Å². The summed E-state index contributed by atoms with van der Waals surface area (Å²) < 4.78 is 38.4. The Balaban J connectivity index is 1.34. The molecule has 0 saturated carbocycles. The highest BCUT2D eigenvalue weighted by molar-refractivity contribution is 5.94. The second-order valence-corrected chi connectivity index (χ2v) is 8.74. The lowest BCUT2D eigenvalue weighted by Gasteiger charge is -2.36. The maximum Gasteiger partial charge on any atom is 0.342 e. The molecule has 184 valence electrons. The fourth-order valence-electron chi connectivity index (χ4n) is 4.02. The topological polar surface area (TPSA) is 54.9 Å². The number of halogens is 2. The minimum Gasteiger partial charge on any atom is -0.489 e. The number of hydrogen-bond donors (Lipinski definition) is 0. The number of pyridine rings is 1. The Bertz CT molecular complexity index is 1160. The lowest BCUT2D eigenvalue weighted by Crippen LogP contribution is -2.46. The summed E-state index contributed by atoms with van der Waals surface area (Å²) in [5.41, 5.74) is 1.72. The standard InChI is InChI=1S/C27H29F2N3O3/c1-19(2)35-27(33)23-9-5-11-30-26(23)32-14-12-31(13-15-32)17-20-6-3-8-22(16-20)34-18-21-7-4-10-24(28)25(21)29/h3-11,16,19H,12-15,17-18H2,1-2H3. The van der Waals surface area contributed by atoms with Crippen molar-refractivity contribution in [2.75, 3.05) is 31.1 Å². The Morgan fingerprint density at radius 1 is 1.03 bits per heavy atom. The average molecular weight is 482 g/mol. The number of anilines is 1. The van der Waals surface area contributed by atoms with Gasteiger partial charge >= 0.3 is 5.97 Å². The van der Waals surface area contributed by atoms with Crippen molar-refractivity contribution in [2.24, 2.45) is 0 Å². The number of esters is 1. The van der Waals surface area contributed by atoms with Crippen molar-refractivity contribution in [1.29, 1.82) is 0 Å². The van der Waals surface area contributed by atoms with E-state index in [2.05, 4.69) is 14.8 Å². The van der Waals surface area contributed by atoms with E-state index in [4.69, 9.17) is 9.47 Å². The van der Waals surface area contributed by atoms with Crippen LogP contribution in [-0.4, -0.2) is 48.1 Å². The molecule has 6 nitrogen and oxygen atoms in total. The number of nitrogens with zero attached hydrogens (tertiary/aromatic N) is 3. The number of carbonyl (C=O) groups is 1. The van der Waals surface area contributed by atoms with Crippen LogP contribution >= 0.6 is 0 Å². The van der Waals surface area contributed by atoms with E-state index in [1.807, 2.05) is 32.0 Å². The fraction of sp³-hybridized carbons (Fsp3) is 0.333. The minimum absolute atomic E-state index is 0.0443. The molecule has 0 atom stereocenters. The van der Waals surface area contributed by atoms with Crippen LogP contribution in [0.3, 0.4) is 0 Å². The molecule has 4 rings (SSSR count). The van der Waals surface area contributed by atoms with Crippen LogP contribution in [-0.2, 0) is 17.9 Å². The van der Waals surface area contributed by atoms with Gasteiger partial charge in [0.15, 0.2) is 11.6 Å². The monoisotopic (exact) mass is 481 g/mol. The van der Waals surface area contributed by atoms with Gasteiger partial charge in [0.05, 0.1) is 6.10 Å². The zero-order valence-corrected chi connectivity index (χ0v) is 19.9. The summed E-state index contributed by atoms with van der Waals surface area (Å²) in [6.45, 7) is 7.39. The third kappa shape index (κ3) is 6.33. The highest BCUT2D eigenvalue weighted by atomic mass is 19.2. The molecule has 1 saturated heterocycles. The van der Waals surface area contributed by atoms with Crippen molar-refractivity contribution in [3.8, 4) is 5.75 Å². The van der Waals surface area contributed by atoms with E-state index in [1.54, 1.807) is 24.4 Å². The molecule has 0 unspecified atom stereocenters. The second-order valence-electron chi connectivity index (χ2n) is 8.74. The summed E-state index contributed by atoms with van der Waals surface area (Å²) in [7, 11) is 0. The van der Waals surface area contributed by atoms with E-state index in [0.717, 1.165) is 44.4 Å². The molecule has 1 aromatic heterocycles. The van der Waals surface area contributed by atoms with E-state index < -0.39 is 11.6 Å². The minimum atomic E-state index is -0.881. The van der Waals surface area contributed by atoms with Crippen molar-refractivity contribution in [3.05, 3.63) is 89.1 Å². The maximum absolute atomic E-state index is 13.9. The van der Waals surface area contributed by atoms with E-state index >= 15 is 0 Å². The molecule has 0 bridgehead atoms. The van der Waals surface area contributed by atoms with Crippen LogP contribution in [0.25, 0.3) is 0 Å². The summed E-state index contributed by atoms with van der Waals surface area (Å²) in [6, 6.07) is 15.2. The third-order valence-corrected chi connectivity index (χ3v) is 5.75. The molecule has 0 amide bonds. The van der Waals surface area contributed by atoms with Crippen LogP contribution in [0.2, 0.25) is 0 Å². The SMILES string of the molecule is CC(C)OC(=O)c1cccnc1N1CCN(Cc2cccc(OCc3cccc(F)c3F)c2)CC1. The Labute approximate surface area is 204 Å². The lowest BCUT2D eigenvalue weighted by molar-refractivity contribution is 0.0378. The molecule has 0 radical (unpaired) electrons. The molecular weight excluding hydrogens is 452 g/mol. The summed E-state index contributed by atoms with van der Waals surface area (Å²) in [5.74, 6) is -0.867. The molecule has 1 aliphatic heterocycles. The lowest BCUT2D eigenvalue weighted by atomic mass is 10.1. The molecule has 2 heterocycles. The molecule has 2 aromatic carbocycles. The Hall–Kier alpha value is -3.52. The van der Waals surface area contributed by atoms with Crippen molar-refractivity contribution >= 4 is 11.8 Å². The van der Waals surface area contributed by atoms with Gasteiger partial charge in [0, 0.05) is 44.5 Å². The van der Waals surface area contributed by atoms with Crippen molar-refractivity contribution in [2.45, 2.75) is 33.1 Å². The summed E-state index contributed by atoms with van der Waals surface area (Å²) in [4.78, 5) is 21.4. The van der Waals surface area contributed by atoms with Crippen LogP contribution in [0.4, 0.5) is 14.6 Å². The highest BCUT2D eigenvalue weighted by Gasteiger charge is 2.24. The number of hydrogen-bond acceptors (Lipinski definition) is 6. The van der Waals surface area contributed by atoms with Crippen molar-refractivity contribution in [1.82, 2.24) is 9.88 Å². The van der Waals surface area contributed by atoms with Gasteiger partial charge in [-0.05, 0) is 49.7 Å². The van der Waals surface area contributed by atoms with Crippen molar-refractivity contribution < 1.29 is 23.0 Å². The number of carbonyl (C=O) groups excluding carboxylic acids is 1. The van der Waals surface area contributed by atoms with Gasteiger partial charge in [0.2, 0.25) is 0 Å². The van der Waals surface area contributed by atoms with Gasteiger partial charge in [-0.1, -0.05) is 24.3 Å². The number of ether oxygens (including phenoxy) is 2. The predicted octanol–water partition coefficient (Wildman–Crippen LogP) is 4.83. The Kier molecular flexibility index (Phi) is 7.92. The Morgan fingerprint density at radius 2 is 1.80 bits per heavy atom. The molecule has 35 heavy (non-hydrogen) atoms. The van der Waals surface area contributed by atoms with Crippen LogP contribution in [0.1, 0.15) is 35.3 Å². The van der Waals surface area contributed by atoms with Crippen LogP contribution in [0, 0.1) is 11.6 Å². The summed E-state index contributed by atoms with van der Waals surface area (Å²) in [5, 5.41) is 0. The number of benzene rings is 2. The van der Waals surface area contributed by atoms with Gasteiger partial charge in [-0.2, -0.15) is 0 Å². The van der Waals surface area contributed by atoms with Gasteiger partial charge in [-0.3, -0.25) is 4.90 Å². The summed E-state index contributed by atoms with van der Waals surface area (Å²) in [6.07, 6.45) is 1.50. The van der Waals surface area contributed by atoms with Gasteiger partial charge in [-0.25, -0.2) is 18.6 Å². The molecule has 3 aromatic rings. The largest absolute Gasteiger partial charge is 0.489 e. The zero-order chi connectivity index (χ0) is 24.8. The normalized spacial score (nSPS) is 14.3. The molecule has 1 aliphatic rings. The quantitative estimate of drug-likeness (QED) is 0.430. The fourth-order valence-corrected chi connectivity index (χ4v) is 4.02. The zero-order valence-electron chi connectivity index (χ0n) is 19.9. The molecule has 8 heteroatoms. The van der Waals surface area contributed by atoms with Crippen LogP contribution < -0.4 is 9.64 Å². The third-order valence-electron chi connectivity index (χ3n) is 5.75. The Morgan fingerprint density at radius 3 is 2.57 bits per heavy atom. The first-order valence-electron chi connectivity index (χ1n) is 11.7. The molecular formula is C27H29F2N3O3. The highest BCUT2D eigenvalue weighted by Crippen LogP contribution is 2.22. The average Bonchev–Trinajstić information content (AvgIpc) is 2.85. The first-order chi connectivity index (χ1) is 16.9. The predicted molar refractivity (Wildman–Crippen MR) is 129 cm³/mol. The molecule has 0 N–H and O–H groups in total. The number of piperazine rings is 1. The van der Waals surface area contributed by atoms with Crippen LogP contribution in [0.5, 0.6) is 5.75 Å². The summed E-state index contributed by atoms with van der Waals surface area (Å²) >= 11 is 0. The van der Waals surface area contributed by atoms with Gasteiger partial charge in [0.25, 0.3) is 0 Å². The molecule has 0 spiro atoms. The first-order valence-corrected chi connectivity index (χ1v) is 11.7. The second kappa shape index (κ2) is 11.3.